The van der Waals surface area contributed by atoms with E-state index in [1.807, 2.05) is 33.9 Å². The first kappa shape index (κ1) is 15.2. The van der Waals surface area contributed by atoms with E-state index in [1.54, 1.807) is 0 Å². The van der Waals surface area contributed by atoms with E-state index in [-0.39, 0.29) is 0 Å². The Bertz CT molecular complexity index is 275. The fourth-order valence-corrected chi connectivity index (χ4v) is 1.59. The van der Waals surface area contributed by atoms with Crippen LogP contribution in [0.3, 0.4) is 0 Å². The standard InChI is InChI=1S/C9H14N2O.2C2H6/c1-7-5-10-11(8(7)2)9-3-4-12-6-9;2*1-2/h5,9H,3-4,6H2,1-2H3;2*1-2H3. The van der Waals surface area contributed by atoms with E-state index in [2.05, 4.69) is 23.6 Å². The summed E-state index contributed by atoms with van der Waals surface area (Å²) in [6, 6.07) is 0.471. The third kappa shape index (κ3) is 3.63. The van der Waals surface area contributed by atoms with Crippen LogP contribution in [0, 0.1) is 13.8 Å². The van der Waals surface area contributed by atoms with Gasteiger partial charge in [0.2, 0.25) is 0 Å². The molecular weight excluding hydrogens is 200 g/mol. The lowest BCUT2D eigenvalue weighted by Crippen LogP contribution is -2.11. The number of hydrogen-bond donors (Lipinski definition) is 0. The number of aromatic nitrogens is 2. The van der Waals surface area contributed by atoms with Gasteiger partial charge in [-0.25, -0.2) is 0 Å². The Morgan fingerprint density at radius 3 is 2.25 bits per heavy atom. The van der Waals surface area contributed by atoms with Crippen molar-refractivity contribution < 1.29 is 4.74 Å². The zero-order chi connectivity index (χ0) is 12.6. The predicted octanol–water partition coefficient (Wildman–Crippen LogP) is 3.51. The Hall–Kier alpha value is -0.830. The lowest BCUT2D eigenvalue weighted by Gasteiger charge is -2.10. The fraction of sp³-hybridized carbons (Fsp3) is 0.769. The molecule has 1 aromatic heterocycles. The maximum Gasteiger partial charge on any atom is 0.0777 e. The predicted molar refractivity (Wildman–Crippen MR) is 68.9 cm³/mol. The summed E-state index contributed by atoms with van der Waals surface area (Å²) in [5, 5.41) is 4.33. The summed E-state index contributed by atoms with van der Waals surface area (Å²) in [4.78, 5) is 0. The summed E-state index contributed by atoms with van der Waals surface area (Å²) in [7, 11) is 0. The van der Waals surface area contributed by atoms with Crippen molar-refractivity contribution in [1.82, 2.24) is 9.78 Å². The van der Waals surface area contributed by atoms with Gasteiger partial charge in [0.15, 0.2) is 0 Å². The van der Waals surface area contributed by atoms with E-state index in [0.717, 1.165) is 19.6 Å². The average Bonchev–Trinajstić information content (AvgIpc) is 2.96. The van der Waals surface area contributed by atoms with E-state index in [9.17, 15) is 0 Å². The van der Waals surface area contributed by atoms with Gasteiger partial charge in [-0.05, 0) is 25.8 Å². The second-order valence-corrected chi connectivity index (χ2v) is 3.37. The van der Waals surface area contributed by atoms with Gasteiger partial charge in [0.25, 0.3) is 0 Å². The normalized spacial score (nSPS) is 18.2. The minimum Gasteiger partial charge on any atom is -0.379 e. The summed E-state index contributed by atoms with van der Waals surface area (Å²) in [6.07, 6.45) is 3.02. The van der Waals surface area contributed by atoms with Crippen LogP contribution in [0.5, 0.6) is 0 Å². The van der Waals surface area contributed by atoms with Crippen LogP contribution in [0.2, 0.25) is 0 Å². The summed E-state index contributed by atoms with van der Waals surface area (Å²) in [6.45, 7) is 13.9. The second kappa shape index (κ2) is 8.34. The van der Waals surface area contributed by atoms with E-state index in [0.29, 0.717) is 6.04 Å². The highest BCUT2D eigenvalue weighted by Crippen LogP contribution is 2.20. The molecule has 1 unspecified atom stereocenters. The highest BCUT2D eigenvalue weighted by Gasteiger charge is 2.19. The van der Waals surface area contributed by atoms with Gasteiger partial charge >= 0.3 is 0 Å². The van der Waals surface area contributed by atoms with Crippen LogP contribution < -0.4 is 0 Å². The van der Waals surface area contributed by atoms with Crippen molar-refractivity contribution in [2.45, 2.75) is 54.0 Å². The molecule has 0 saturated carbocycles. The quantitative estimate of drug-likeness (QED) is 0.732. The molecule has 1 aliphatic rings. The number of hydrogen-bond acceptors (Lipinski definition) is 2. The highest BCUT2D eigenvalue weighted by atomic mass is 16.5. The van der Waals surface area contributed by atoms with Crippen LogP contribution in [0.4, 0.5) is 0 Å². The van der Waals surface area contributed by atoms with E-state index < -0.39 is 0 Å². The van der Waals surface area contributed by atoms with Crippen molar-refractivity contribution in [3.63, 3.8) is 0 Å². The molecule has 0 N–H and O–H groups in total. The Morgan fingerprint density at radius 1 is 1.25 bits per heavy atom. The van der Waals surface area contributed by atoms with Crippen molar-refractivity contribution in [1.29, 1.82) is 0 Å². The molecule has 0 spiro atoms. The Labute approximate surface area is 99.8 Å². The smallest absolute Gasteiger partial charge is 0.0777 e. The van der Waals surface area contributed by atoms with Gasteiger partial charge < -0.3 is 4.74 Å². The number of ether oxygens (including phenoxy) is 1. The minimum atomic E-state index is 0.471. The first-order valence-corrected chi connectivity index (χ1v) is 6.37. The molecule has 0 amide bonds. The zero-order valence-electron chi connectivity index (χ0n) is 11.6. The van der Waals surface area contributed by atoms with Crippen molar-refractivity contribution in [3.05, 3.63) is 17.5 Å². The van der Waals surface area contributed by atoms with Crippen LogP contribution in [-0.4, -0.2) is 23.0 Å². The van der Waals surface area contributed by atoms with Gasteiger partial charge in [-0.1, -0.05) is 27.7 Å². The number of nitrogens with zero attached hydrogens (tertiary/aromatic N) is 2. The molecule has 1 aliphatic heterocycles. The van der Waals surface area contributed by atoms with E-state index in [4.69, 9.17) is 4.74 Å². The van der Waals surface area contributed by atoms with Crippen molar-refractivity contribution in [2.75, 3.05) is 13.2 Å². The van der Waals surface area contributed by atoms with Crippen LogP contribution in [0.25, 0.3) is 0 Å². The topological polar surface area (TPSA) is 27.1 Å². The number of rotatable bonds is 1. The van der Waals surface area contributed by atoms with Gasteiger partial charge in [0.1, 0.15) is 0 Å². The molecule has 0 radical (unpaired) electrons. The van der Waals surface area contributed by atoms with Crippen LogP contribution >= 0.6 is 0 Å². The monoisotopic (exact) mass is 226 g/mol. The molecule has 1 aromatic rings. The van der Waals surface area contributed by atoms with Gasteiger partial charge in [-0.3, -0.25) is 4.68 Å². The Kier molecular flexibility index (Phi) is 7.90. The molecule has 94 valence electrons. The Balaban J connectivity index is 0.000000509. The molecule has 1 saturated heterocycles. The molecule has 3 heteroatoms. The first-order chi connectivity index (χ1) is 7.79. The molecule has 0 bridgehead atoms. The van der Waals surface area contributed by atoms with Crippen LogP contribution in [0.1, 0.15) is 51.4 Å². The van der Waals surface area contributed by atoms with Gasteiger partial charge in [0, 0.05) is 12.3 Å². The Morgan fingerprint density at radius 2 is 1.88 bits per heavy atom. The fourth-order valence-electron chi connectivity index (χ4n) is 1.59. The average molecular weight is 226 g/mol. The molecule has 2 heterocycles. The highest BCUT2D eigenvalue weighted by molar-refractivity contribution is 5.14. The van der Waals surface area contributed by atoms with Gasteiger partial charge in [0.05, 0.1) is 18.8 Å². The molecule has 1 atom stereocenters. The summed E-state index contributed by atoms with van der Waals surface area (Å²) < 4.78 is 7.40. The van der Waals surface area contributed by atoms with Gasteiger partial charge in [-0.15, -0.1) is 0 Å². The maximum atomic E-state index is 5.31. The second-order valence-electron chi connectivity index (χ2n) is 3.37. The lowest BCUT2D eigenvalue weighted by molar-refractivity contribution is 0.184. The molecule has 0 aromatic carbocycles. The van der Waals surface area contributed by atoms with Crippen molar-refractivity contribution >= 4 is 0 Å². The molecular formula is C13H26N2O. The number of aryl methyl sites for hydroxylation is 1. The molecule has 0 aliphatic carbocycles. The van der Waals surface area contributed by atoms with Crippen molar-refractivity contribution in [3.8, 4) is 0 Å². The van der Waals surface area contributed by atoms with Crippen molar-refractivity contribution in [2.24, 2.45) is 0 Å². The third-order valence-electron chi connectivity index (χ3n) is 2.54. The zero-order valence-corrected chi connectivity index (χ0v) is 11.6. The third-order valence-corrected chi connectivity index (χ3v) is 2.54. The first-order valence-electron chi connectivity index (χ1n) is 6.37. The molecule has 3 nitrogen and oxygen atoms in total. The summed E-state index contributed by atoms with van der Waals surface area (Å²) >= 11 is 0. The molecule has 16 heavy (non-hydrogen) atoms. The minimum absolute atomic E-state index is 0.471. The van der Waals surface area contributed by atoms with E-state index >= 15 is 0 Å². The SMILES string of the molecule is CC.CC.Cc1cnn(C2CCOC2)c1C. The lowest BCUT2D eigenvalue weighted by atomic mass is 10.2. The maximum absolute atomic E-state index is 5.31. The van der Waals surface area contributed by atoms with Crippen LogP contribution in [0.15, 0.2) is 6.20 Å². The van der Waals surface area contributed by atoms with Gasteiger partial charge in [-0.2, -0.15) is 5.10 Å². The summed E-state index contributed by atoms with van der Waals surface area (Å²) in [5.41, 5.74) is 2.53. The summed E-state index contributed by atoms with van der Waals surface area (Å²) in [5.74, 6) is 0. The van der Waals surface area contributed by atoms with Crippen LogP contribution in [-0.2, 0) is 4.74 Å². The molecule has 2 rings (SSSR count). The van der Waals surface area contributed by atoms with E-state index in [1.165, 1.54) is 11.3 Å². The largest absolute Gasteiger partial charge is 0.379 e. The molecule has 1 fully saturated rings.